The van der Waals surface area contributed by atoms with E-state index < -0.39 is 0 Å². The fraction of sp³-hybridized carbons (Fsp3) is 0.846. The quantitative estimate of drug-likeness (QED) is 0.741. The zero-order valence-corrected chi connectivity index (χ0v) is 12.4. The van der Waals surface area contributed by atoms with Crippen LogP contribution in [0.2, 0.25) is 0 Å². The zero-order chi connectivity index (χ0) is 12.8. The van der Waals surface area contributed by atoms with E-state index in [2.05, 4.69) is 4.90 Å². The maximum absolute atomic E-state index is 11.6. The van der Waals surface area contributed by atoms with E-state index in [0.717, 1.165) is 29.3 Å². The van der Waals surface area contributed by atoms with Crippen LogP contribution in [0.4, 0.5) is 0 Å². The van der Waals surface area contributed by atoms with Gasteiger partial charge in [0.2, 0.25) is 0 Å². The fourth-order valence-corrected chi connectivity index (χ4v) is 4.14. The van der Waals surface area contributed by atoms with E-state index in [1.807, 2.05) is 23.5 Å². The van der Waals surface area contributed by atoms with Crippen LogP contribution in [0.5, 0.6) is 0 Å². The first-order chi connectivity index (χ1) is 8.75. The molecule has 0 aromatic heterocycles. The number of rotatable bonds is 1. The molecule has 18 heavy (non-hydrogen) atoms. The maximum Gasteiger partial charge on any atom is 0.134 e. The van der Waals surface area contributed by atoms with E-state index in [4.69, 9.17) is 0 Å². The van der Waals surface area contributed by atoms with Crippen LogP contribution in [0.15, 0.2) is 0 Å². The highest BCUT2D eigenvalue weighted by Gasteiger charge is 2.28. The largest absolute Gasteiger partial charge is 0.300 e. The summed E-state index contributed by atoms with van der Waals surface area (Å²) in [6.45, 7) is 0. The van der Waals surface area contributed by atoms with Crippen molar-refractivity contribution in [2.45, 2.75) is 44.6 Å². The molecule has 1 saturated heterocycles. The average molecular weight is 287 g/mol. The summed E-state index contributed by atoms with van der Waals surface area (Å²) in [6.07, 6.45) is 4.80. The standard InChI is InChI=1S/C13H21NO2S2/c15-12-3-4-13(16)6-8-18-10-14(11-1-2-11)9-17-7-5-12/h11H,1-10H2. The SMILES string of the molecule is O=C1CCSCN(C2CC2)CSCCC(=O)CC1. The van der Waals surface area contributed by atoms with Gasteiger partial charge < -0.3 is 0 Å². The minimum Gasteiger partial charge on any atom is -0.300 e. The number of Topliss-reactive ketones (excluding diaryl/α,β-unsaturated/α-hetero) is 2. The Kier molecular flexibility index (Phi) is 6.05. The topological polar surface area (TPSA) is 37.4 Å². The molecule has 5 heteroatoms. The van der Waals surface area contributed by atoms with E-state index in [1.54, 1.807) is 0 Å². The van der Waals surface area contributed by atoms with Gasteiger partial charge in [-0.3, -0.25) is 14.5 Å². The van der Waals surface area contributed by atoms with Crippen molar-refractivity contribution >= 4 is 35.1 Å². The molecule has 0 N–H and O–H groups in total. The van der Waals surface area contributed by atoms with Gasteiger partial charge in [0.05, 0.1) is 0 Å². The summed E-state index contributed by atoms with van der Waals surface area (Å²) < 4.78 is 0. The number of hydrogen-bond donors (Lipinski definition) is 0. The summed E-state index contributed by atoms with van der Waals surface area (Å²) in [5.41, 5.74) is 0. The summed E-state index contributed by atoms with van der Waals surface area (Å²) in [5.74, 6) is 4.39. The van der Waals surface area contributed by atoms with Crippen LogP contribution < -0.4 is 0 Å². The minimum absolute atomic E-state index is 0.251. The van der Waals surface area contributed by atoms with Gasteiger partial charge in [-0.1, -0.05) is 0 Å². The lowest BCUT2D eigenvalue weighted by Gasteiger charge is -2.20. The van der Waals surface area contributed by atoms with Crippen molar-refractivity contribution in [1.29, 1.82) is 0 Å². The highest BCUT2D eigenvalue weighted by atomic mass is 32.2. The third-order valence-corrected chi connectivity index (χ3v) is 5.32. The smallest absolute Gasteiger partial charge is 0.134 e. The second kappa shape index (κ2) is 7.56. The third-order valence-electron chi connectivity index (χ3n) is 3.31. The van der Waals surface area contributed by atoms with Crippen LogP contribution in [0, 0.1) is 0 Å². The van der Waals surface area contributed by atoms with Gasteiger partial charge in [-0.15, -0.1) is 23.5 Å². The number of carbonyl (C=O) groups excluding carboxylic acids is 2. The molecule has 2 aliphatic rings. The van der Waals surface area contributed by atoms with Gasteiger partial charge in [0, 0.05) is 55.0 Å². The van der Waals surface area contributed by atoms with Crippen molar-refractivity contribution in [2.24, 2.45) is 0 Å². The van der Waals surface area contributed by atoms with Crippen molar-refractivity contribution in [3.05, 3.63) is 0 Å². The summed E-state index contributed by atoms with van der Waals surface area (Å²) in [7, 11) is 0. The first-order valence-corrected chi connectivity index (χ1v) is 8.99. The van der Waals surface area contributed by atoms with Crippen molar-refractivity contribution in [3.63, 3.8) is 0 Å². The molecule has 1 aliphatic carbocycles. The van der Waals surface area contributed by atoms with Crippen molar-refractivity contribution in [1.82, 2.24) is 4.90 Å². The molecular formula is C13H21NO2S2. The lowest BCUT2D eigenvalue weighted by molar-refractivity contribution is -0.123. The van der Waals surface area contributed by atoms with Gasteiger partial charge in [-0.2, -0.15) is 0 Å². The highest BCUT2D eigenvalue weighted by molar-refractivity contribution is 8.00. The van der Waals surface area contributed by atoms with E-state index in [9.17, 15) is 9.59 Å². The Bertz CT molecular complexity index is 281. The predicted octanol–water partition coefficient (Wildman–Crippen LogP) is 2.54. The van der Waals surface area contributed by atoms with Gasteiger partial charge in [0.15, 0.2) is 0 Å². The Labute approximate surface area is 117 Å². The van der Waals surface area contributed by atoms with Crippen LogP contribution in [-0.2, 0) is 9.59 Å². The molecule has 102 valence electrons. The number of nitrogens with zero attached hydrogens (tertiary/aromatic N) is 1. The monoisotopic (exact) mass is 287 g/mol. The van der Waals surface area contributed by atoms with Crippen LogP contribution >= 0.6 is 23.5 Å². The van der Waals surface area contributed by atoms with Gasteiger partial charge in [0.25, 0.3) is 0 Å². The molecule has 0 aromatic rings. The number of ketones is 2. The molecule has 3 nitrogen and oxygen atoms in total. The Balaban J connectivity index is 1.81. The van der Waals surface area contributed by atoms with Gasteiger partial charge >= 0.3 is 0 Å². The molecule has 0 aromatic carbocycles. The van der Waals surface area contributed by atoms with Crippen molar-refractivity contribution < 1.29 is 9.59 Å². The van der Waals surface area contributed by atoms with Crippen molar-refractivity contribution in [3.8, 4) is 0 Å². The van der Waals surface area contributed by atoms with Gasteiger partial charge in [0.1, 0.15) is 11.6 Å². The van der Waals surface area contributed by atoms with Crippen LogP contribution in [-0.4, -0.2) is 45.8 Å². The Morgan fingerprint density at radius 1 is 0.833 bits per heavy atom. The first kappa shape index (κ1) is 14.4. The predicted molar refractivity (Wildman–Crippen MR) is 78.0 cm³/mol. The highest BCUT2D eigenvalue weighted by Crippen LogP contribution is 2.30. The molecule has 0 spiro atoms. The molecule has 0 radical (unpaired) electrons. The normalized spacial score (nSPS) is 26.2. The average Bonchev–Trinajstić information content (AvgIpc) is 3.17. The molecule has 2 fully saturated rings. The van der Waals surface area contributed by atoms with Crippen LogP contribution in [0.1, 0.15) is 38.5 Å². The fourth-order valence-electron chi connectivity index (χ4n) is 1.95. The van der Waals surface area contributed by atoms with Crippen LogP contribution in [0.3, 0.4) is 0 Å². The van der Waals surface area contributed by atoms with Crippen LogP contribution in [0.25, 0.3) is 0 Å². The van der Waals surface area contributed by atoms with E-state index >= 15 is 0 Å². The summed E-state index contributed by atoms with van der Waals surface area (Å²) >= 11 is 3.72. The molecule has 0 amide bonds. The van der Waals surface area contributed by atoms with Gasteiger partial charge in [-0.25, -0.2) is 0 Å². The number of carbonyl (C=O) groups is 2. The summed E-state index contributed by atoms with van der Waals surface area (Å²) in [4.78, 5) is 25.6. The van der Waals surface area contributed by atoms with Gasteiger partial charge in [-0.05, 0) is 12.8 Å². The number of thioether (sulfide) groups is 2. The molecular weight excluding hydrogens is 266 g/mol. The minimum atomic E-state index is 0.251. The zero-order valence-electron chi connectivity index (χ0n) is 10.7. The van der Waals surface area contributed by atoms with E-state index in [1.165, 1.54) is 12.8 Å². The number of hydrogen-bond acceptors (Lipinski definition) is 5. The molecule has 0 atom stereocenters. The third kappa shape index (κ3) is 5.33. The Hall–Kier alpha value is -0.0000000000000000555. The molecule has 0 bridgehead atoms. The maximum atomic E-state index is 11.6. The molecule has 1 aliphatic heterocycles. The summed E-state index contributed by atoms with van der Waals surface area (Å²) in [5, 5.41) is 0. The lowest BCUT2D eigenvalue weighted by Crippen LogP contribution is -2.25. The van der Waals surface area contributed by atoms with Crippen molar-refractivity contribution in [2.75, 3.05) is 23.3 Å². The Morgan fingerprint density at radius 3 is 1.78 bits per heavy atom. The Morgan fingerprint density at radius 2 is 1.33 bits per heavy atom. The first-order valence-electron chi connectivity index (χ1n) is 6.68. The molecule has 1 saturated carbocycles. The lowest BCUT2D eigenvalue weighted by atomic mass is 10.1. The second-order valence-electron chi connectivity index (χ2n) is 4.97. The van der Waals surface area contributed by atoms with E-state index in [0.29, 0.717) is 25.7 Å². The second-order valence-corrected chi connectivity index (χ2v) is 7.12. The molecule has 2 rings (SSSR count). The molecule has 1 heterocycles. The molecule has 0 unspecified atom stereocenters. The summed E-state index contributed by atoms with van der Waals surface area (Å²) in [6, 6.07) is 0.765. The van der Waals surface area contributed by atoms with E-state index in [-0.39, 0.29) is 11.6 Å².